The summed E-state index contributed by atoms with van der Waals surface area (Å²) in [5.41, 5.74) is 0. The van der Waals surface area contributed by atoms with E-state index in [-0.39, 0.29) is 5.91 Å². The van der Waals surface area contributed by atoms with Crippen LogP contribution in [0.3, 0.4) is 0 Å². The second-order valence-corrected chi connectivity index (χ2v) is 4.72. The minimum Gasteiger partial charge on any atom is -0.377 e. The molecule has 0 saturated heterocycles. The van der Waals surface area contributed by atoms with Crippen molar-refractivity contribution in [1.29, 1.82) is 0 Å². The molecule has 1 amide bonds. The van der Waals surface area contributed by atoms with Crippen LogP contribution in [-0.2, 0) is 22.7 Å². The van der Waals surface area contributed by atoms with Gasteiger partial charge in [0.25, 0.3) is 0 Å². The van der Waals surface area contributed by atoms with Crippen molar-refractivity contribution < 1.29 is 9.53 Å². The highest BCUT2D eigenvalue weighted by molar-refractivity contribution is 7.15. The normalized spacial score (nSPS) is 10.5. The molecule has 2 rings (SSSR count). The van der Waals surface area contributed by atoms with E-state index in [1.165, 1.54) is 11.3 Å². The number of rotatable bonds is 6. The number of hydrogen-bond donors (Lipinski definition) is 1. The highest BCUT2D eigenvalue weighted by Gasteiger charge is 2.07. The van der Waals surface area contributed by atoms with E-state index >= 15 is 0 Å². The minimum atomic E-state index is -0.0659. The number of carbonyl (C=O) groups excluding carboxylic acids is 1. The Balaban J connectivity index is 1.79. The molecule has 0 aliphatic rings. The Morgan fingerprint density at radius 3 is 2.94 bits per heavy atom. The van der Waals surface area contributed by atoms with Crippen LogP contribution in [0.15, 0.2) is 24.5 Å². The van der Waals surface area contributed by atoms with Gasteiger partial charge in [0.05, 0.1) is 0 Å². The number of ether oxygens (including phenoxy) is 1. The van der Waals surface area contributed by atoms with Crippen molar-refractivity contribution in [2.75, 3.05) is 12.4 Å². The second-order valence-electron chi connectivity index (χ2n) is 3.65. The average Bonchev–Trinajstić information content (AvgIpc) is 2.99. The Labute approximate surface area is 109 Å². The molecule has 6 nitrogen and oxygen atoms in total. The molecule has 0 fully saturated rings. The third kappa shape index (κ3) is 3.64. The largest absolute Gasteiger partial charge is 0.377 e. The highest BCUT2D eigenvalue weighted by atomic mass is 32.1. The van der Waals surface area contributed by atoms with Gasteiger partial charge in [-0.25, -0.2) is 0 Å². The molecule has 0 aliphatic heterocycles. The van der Waals surface area contributed by atoms with Gasteiger partial charge in [-0.1, -0.05) is 11.3 Å². The van der Waals surface area contributed by atoms with E-state index < -0.39 is 0 Å². The summed E-state index contributed by atoms with van der Waals surface area (Å²) in [5, 5.41) is 11.7. The Bertz CT molecular complexity index is 495. The molecule has 1 N–H and O–H groups in total. The Hall–Kier alpha value is -1.73. The van der Waals surface area contributed by atoms with Crippen molar-refractivity contribution in [2.24, 2.45) is 0 Å². The molecule has 96 valence electrons. The SMILES string of the molecule is COCc1nnc(NC(=O)CCn2cccc2)s1. The molecular weight excluding hydrogens is 252 g/mol. The summed E-state index contributed by atoms with van der Waals surface area (Å²) in [6.07, 6.45) is 4.26. The Kier molecular flexibility index (Phi) is 4.43. The molecule has 0 saturated carbocycles. The fourth-order valence-electron chi connectivity index (χ4n) is 1.42. The first kappa shape index (κ1) is 12.7. The number of hydrogen-bond acceptors (Lipinski definition) is 5. The van der Waals surface area contributed by atoms with E-state index in [1.54, 1.807) is 7.11 Å². The fraction of sp³-hybridized carbons (Fsp3) is 0.364. The van der Waals surface area contributed by atoms with Gasteiger partial charge in [-0.15, -0.1) is 10.2 Å². The second kappa shape index (κ2) is 6.27. The lowest BCUT2D eigenvalue weighted by Crippen LogP contribution is -2.13. The van der Waals surface area contributed by atoms with Crippen LogP contribution in [0.5, 0.6) is 0 Å². The van der Waals surface area contributed by atoms with Crippen molar-refractivity contribution in [3.8, 4) is 0 Å². The van der Waals surface area contributed by atoms with E-state index in [9.17, 15) is 4.79 Å². The van der Waals surface area contributed by atoms with Crippen LogP contribution in [0.25, 0.3) is 0 Å². The Morgan fingerprint density at radius 2 is 2.22 bits per heavy atom. The quantitative estimate of drug-likeness (QED) is 0.860. The zero-order chi connectivity index (χ0) is 12.8. The van der Waals surface area contributed by atoms with Gasteiger partial charge in [-0.05, 0) is 12.1 Å². The topological polar surface area (TPSA) is 69.0 Å². The van der Waals surface area contributed by atoms with Gasteiger partial charge < -0.3 is 14.6 Å². The molecule has 0 aliphatic carbocycles. The van der Waals surface area contributed by atoms with Crippen LogP contribution < -0.4 is 5.32 Å². The van der Waals surface area contributed by atoms with Crippen molar-refractivity contribution in [3.05, 3.63) is 29.5 Å². The molecule has 2 aromatic heterocycles. The molecule has 2 aromatic rings. The van der Waals surface area contributed by atoms with Gasteiger partial charge in [0, 0.05) is 32.5 Å². The number of aromatic nitrogens is 3. The van der Waals surface area contributed by atoms with E-state index in [1.807, 2.05) is 29.1 Å². The van der Waals surface area contributed by atoms with E-state index in [4.69, 9.17) is 4.74 Å². The van der Waals surface area contributed by atoms with Crippen LogP contribution >= 0.6 is 11.3 Å². The van der Waals surface area contributed by atoms with Gasteiger partial charge in [0.2, 0.25) is 11.0 Å². The van der Waals surface area contributed by atoms with Gasteiger partial charge in [0.1, 0.15) is 11.6 Å². The van der Waals surface area contributed by atoms with Gasteiger partial charge in [0.15, 0.2) is 0 Å². The maximum Gasteiger partial charge on any atom is 0.227 e. The smallest absolute Gasteiger partial charge is 0.227 e. The van der Waals surface area contributed by atoms with Gasteiger partial charge >= 0.3 is 0 Å². The number of anilines is 1. The number of nitrogens with zero attached hydrogens (tertiary/aromatic N) is 3. The summed E-state index contributed by atoms with van der Waals surface area (Å²) in [6.45, 7) is 1.07. The van der Waals surface area contributed by atoms with Crippen molar-refractivity contribution in [1.82, 2.24) is 14.8 Å². The fourth-order valence-corrected chi connectivity index (χ4v) is 2.15. The monoisotopic (exact) mass is 266 g/mol. The summed E-state index contributed by atoms with van der Waals surface area (Å²) in [4.78, 5) is 11.7. The molecule has 0 atom stereocenters. The van der Waals surface area contributed by atoms with Gasteiger partial charge in [-0.3, -0.25) is 4.79 Å². The van der Waals surface area contributed by atoms with Crippen LogP contribution in [0.1, 0.15) is 11.4 Å². The zero-order valence-corrected chi connectivity index (χ0v) is 10.8. The predicted molar refractivity (Wildman–Crippen MR) is 68.3 cm³/mol. The average molecular weight is 266 g/mol. The molecule has 0 bridgehead atoms. The zero-order valence-electron chi connectivity index (χ0n) is 10.00. The molecule has 0 radical (unpaired) electrons. The van der Waals surface area contributed by atoms with E-state index in [2.05, 4.69) is 15.5 Å². The van der Waals surface area contributed by atoms with Crippen LogP contribution in [0, 0.1) is 0 Å². The first-order chi connectivity index (χ1) is 8.78. The molecule has 18 heavy (non-hydrogen) atoms. The van der Waals surface area contributed by atoms with Crippen molar-refractivity contribution in [3.63, 3.8) is 0 Å². The molecule has 0 spiro atoms. The highest BCUT2D eigenvalue weighted by Crippen LogP contribution is 2.15. The first-order valence-electron chi connectivity index (χ1n) is 5.50. The molecule has 2 heterocycles. The van der Waals surface area contributed by atoms with Crippen LogP contribution in [-0.4, -0.2) is 27.8 Å². The van der Waals surface area contributed by atoms with E-state index in [0.29, 0.717) is 24.7 Å². The number of carbonyl (C=O) groups is 1. The maximum absolute atomic E-state index is 11.7. The molecule has 0 aromatic carbocycles. The standard InChI is InChI=1S/C11H14N4O2S/c1-17-8-10-13-14-11(18-10)12-9(16)4-7-15-5-2-3-6-15/h2-3,5-6H,4,7-8H2,1H3,(H,12,14,16). The third-order valence-corrected chi connectivity index (χ3v) is 3.06. The maximum atomic E-state index is 11.7. The van der Waals surface area contributed by atoms with Crippen LogP contribution in [0.2, 0.25) is 0 Å². The first-order valence-corrected chi connectivity index (χ1v) is 6.31. The lowest BCUT2D eigenvalue weighted by molar-refractivity contribution is -0.116. The van der Waals surface area contributed by atoms with E-state index in [0.717, 1.165) is 5.01 Å². The van der Waals surface area contributed by atoms with Crippen LogP contribution in [0.4, 0.5) is 5.13 Å². The van der Waals surface area contributed by atoms with Gasteiger partial charge in [-0.2, -0.15) is 0 Å². The number of methoxy groups -OCH3 is 1. The summed E-state index contributed by atoms with van der Waals surface area (Å²) in [5.74, 6) is -0.0659. The third-order valence-electron chi connectivity index (χ3n) is 2.24. The predicted octanol–water partition coefficient (Wildman–Crippen LogP) is 1.51. The van der Waals surface area contributed by atoms with Crippen molar-refractivity contribution in [2.45, 2.75) is 19.6 Å². The van der Waals surface area contributed by atoms with Crippen molar-refractivity contribution >= 4 is 22.4 Å². The Morgan fingerprint density at radius 1 is 1.44 bits per heavy atom. The minimum absolute atomic E-state index is 0.0659. The summed E-state index contributed by atoms with van der Waals surface area (Å²) in [6, 6.07) is 3.86. The summed E-state index contributed by atoms with van der Waals surface area (Å²) >= 11 is 1.32. The molecule has 0 unspecified atom stereocenters. The summed E-state index contributed by atoms with van der Waals surface area (Å²) < 4.78 is 6.89. The molecule has 7 heteroatoms. The number of nitrogens with one attached hydrogen (secondary N) is 1. The molecular formula is C11H14N4O2S. The number of aryl methyl sites for hydroxylation is 1. The lowest BCUT2D eigenvalue weighted by Gasteiger charge is -2.02. The summed E-state index contributed by atoms with van der Waals surface area (Å²) in [7, 11) is 1.59. The number of amides is 1. The lowest BCUT2D eigenvalue weighted by atomic mass is 10.4.